The summed E-state index contributed by atoms with van der Waals surface area (Å²) in [4.78, 5) is 17.3. The van der Waals surface area contributed by atoms with Gasteiger partial charge in [0.15, 0.2) is 5.13 Å². The normalized spacial score (nSPS) is 12.3. The first-order valence-corrected chi connectivity index (χ1v) is 11.6. The summed E-state index contributed by atoms with van der Waals surface area (Å²) >= 11 is 1.31. The number of anilines is 1. The Morgan fingerprint density at radius 1 is 1.06 bits per heavy atom. The molecule has 1 amide bonds. The average molecular weight is 460 g/mol. The number of rotatable bonds is 4. The fourth-order valence-corrected chi connectivity index (χ4v) is 4.15. The van der Waals surface area contributed by atoms with Gasteiger partial charge in [0.2, 0.25) is 0 Å². The molecule has 0 atom stereocenters. The Morgan fingerprint density at radius 2 is 1.64 bits per heavy atom. The summed E-state index contributed by atoms with van der Waals surface area (Å²) in [5.74, 6) is -0.263. The van der Waals surface area contributed by atoms with Crippen molar-refractivity contribution in [1.29, 1.82) is 5.26 Å². The van der Waals surface area contributed by atoms with Crippen molar-refractivity contribution in [3.8, 4) is 23.1 Å². The van der Waals surface area contributed by atoms with Crippen molar-refractivity contribution in [2.75, 3.05) is 5.32 Å². The Labute approximate surface area is 199 Å². The zero-order valence-corrected chi connectivity index (χ0v) is 20.7. The number of phenols is 1. The van der Waals surface area contributed by atoms with Crippen molar-refractivity contribution >= 4 is 28.5 Å². The van der Waals surface area contributed by atoms with Crippen LogP contribution in [0.25, 0.3) is 17.3 Å². The van der Waals surface area contributed by atoms with Gasteiger partial charge in [-0.1, -0.05) is 71.9 Å². The average Bonchev–Trinajstić information content (AvgIpc) is 3.20. The lowest BCUT2D eigenvalue weighted by molar-refractivity contribution is -0.112. The predicted molar refractivity (Wildman–Crippen MR) is 135 cm³/mol. The van der Waals surface area contributed by atoms with Crippen LogP contribution in [0.4, 0.5) is 5.13 Å². The summed E-state index contributed by atoms with van der Waals surface area (Å²) in [6, 6.07) is 15.4. The lowest BCUT2D eigenvalue weighted by Crippen LogP contribution is -2.18. The first kappa shape index (κ1) is 24.2. The van der Waals surface area contributed by atoms with Gasteiger partial charge in [0, 0.05) is 22.1 Å². The van der Waals surface area contributed by atoms with Crippen LogP contribution in [0.5, 0.6) is 5.75 Å². The largest absolute Gasteiger partial charge is 0.507 e. The van der Waals surface area contributed by atoms with Gasteiger partial charge in [0.05, 0.1) is 5.69 Å². The molecule has 0 saturated heterocycles. The molecule has 170 valence electrons. The molecular weight excluding hydrogens is 430 g/mol. The zero-order chi connectivity index (χ0) is 24.4. The number of carbonyl (C=O) groups excluding carboxylic acids is 1. The van der Waals surface area contributed by atoms with E-state index in [1.807, 2.05) is 95.5 Å². The summed E-state index contributed by atoms with van der Waals surface area (Å²) in [7, 11) is 0. The molecule has 0 spiro atoms. The van der Waals surface area contributed by atoms with Gasteiger partial charge in [-0.15, -0.1) is 11.3 Å². The maximum absolute atomic E-state index is 12.8. The van der Waals surface area contributed by atoms with E-state index in [0.717, 1.165) is 22.4 Å². The predicted octanol–water partition coefficient (Wildman–Crippen LogP) is 6.66. The summed E-state index contributed by atoms with van der Waals surface area (Å²) < 4.78 is 0. The number of hydrogen-bond acceptors (Lipinski definition) is 5. The molecule has 5 nitrogen and oxygen atoms in total. The van der Waals surface area contributed by atoms with E-state index in [1.54, 1.807) is 6.08 Å². The van der Waals surface area contributed by atoms with Crippen LogP contribution in [0.15, 0.2) is 53.4 Å². The molecule has 2 N–H and O–H groups in total. The fraction of sp³-hybridized carbons (Fsp3) is 0.296. The highest BCUT2D eigenvalue weighted by atomic mass is 32.1. The van der Waals surface area contributed by atoms with Crippen molar-refractivity contribution in [3.05, 3.63) is 70.1 Å². The van der Waals surface area contributed by atoms with Gasteiger partial charge < -0.3 is 5.11 Å². The summed E-state index contributed by atoms with van der Waals surface area (Å²) in [6.07, 6.45) is 1.56. The van der Waals surface area contributed by atoms with Gasteiger partial charge in [0.1, 0.15) is 17.4 Å². The molecular formula is C27H29N3O2S. The number of thiazole rings is 1. The van der Waals surface area contributed by atoms with E-state index in [9.17, 15) is 15.2 Å². The minimum absolute atomic E-state index is 0.0307. The summed E-state index contributed by atoms with van der Waals surface area (Å²) in [5.41, 5.74) is 3.31. The number of phenolic OH excluding ortho intramolecular Hbond substituents is 1. The molecule has 6 heteroatoms. The Morgan fingerprint density at radius 3 is 2.15 bits per heavy atom. The fourth-order valence-electron chi connectivity index (χ4n) is 3.44. The van der Waals surface area contributed by atoms with Crippen molar-refractivity contribution in [2.45, 2.75) is 52.4 Å². The highest BCUT2D eigenvalue weighted by Crippen LogP contribution is 2.40. The van der Waals surface area contributed by atoms with Crippen LogP contribution in [0.1, 0.15) is 58.2 Å². The van der Waals surface area contributed by atoms with Crippen LogP contribution in [-0.4, -0.2) is 16.0 Å². The monoisotopic (exact) mass is 459 g/mol. The van der Waals surface area contributed by atoms with Gasteiger partial charge in [-0.25, -0.2) is 4.98 Å². The quantitative estimate of drug-likeness (QED) is 0.337. The number of aromatic nitrogens is 1. The molecule has 0 aliphatic carbocycles. The first-order chi connectivity index (χ1) is 15.4. The number of nitriles is 1. The SMILES string of the molecule is CC(C)(C)c1cc(/C=C(\C#N)C(=O)Nc2nc(-c3ccccc3)cs2)cc(C(C)(C)C)c1O. The molecule has 33 heavy (non-hydrogen) atoms. The van der Waals surface area contributed by atoms with Crippen molar-refractivity contribution < 1.29 is 9.90 Å². The summed E-state index contributed by atoms with van der Waals surface area (Å²) in [6.45, 7) is 12.1. The van der Waals surface area contributed by atoms with Crippen LogP contribution in [0.3, 0.4) is 0 Å². The van der Waals surface area contributed by atoms with Gasteiger partial charge >= 0.3 is 0 Å². The Bertz CT molecular complexity index is 1200. The molecule has 1 heterocycles. The van der Waals surface area contributed by atoms with E-state index >= 15 is 0 Å². The first-order valence-electron chi connectivity index (χ1n) is 10.7. The number of nitrogens with zero attached hydrogens (tertiary/aromatic N) is 2. The van der Waals surface area contributed by atoms with E-state index in [-0.39, 0.29) is 22.2 Å². The van der Waals surface area contributed by atoms with Crippen LogP contribution in [0, 0.1) is 11.3 Å². The van der Waals surface area contributed by atoms with Crippen molar-refractivity contribution in [2.24, 2.45) is 0 Å². The number of carbonyl (C=O) groups is 1. The van der Waals surface area contributed by atoms with E-state index < -0.39 is 5.91 Å². The smallest absolute Gasteiger partial charge is 0.268 e. The number of aromatic hydroxyl groups is 1. The minimum Gasteiger partial charge on any atom is -0.507 e. The van der Waals surface area contributed by atoms with Gasteiger partial charge in [-0.3, -0.25) is 10.1 Å². The third kappa shape index (κ3) is 5.68. The van der Waals surface area contributed by atoms with Crippen LogP contribution < -0.4 is 5.32 Å². The second-order valence-electron chi connectivity index (χ2n) is 9.99. The molecule has 0 saturated carbocycles. The van der Waals surface area contributed by atoms with Crippen molar-refractivity contribution in [1.82, 2.24) is 4.98 Å². The number of hydrogen-bond donors (Lipinski definition) is 2. The number of benzene rings is 2. The molecule has 0 aliphatic rings. The number of amides is 1. The topological polar surface area (TPSA) is 86.0 Å². The Kier molecular flexibility index (Phi) is 6.76. The molecule has 0 radical (unpaired) electrons. The minimum atomic E-state index is -0.519. The zero-order valence-electron chi connectivity index (χ0n) is 19.9. The van der Waals surface area contributed by atoms with E-state index in [1.165, 1.54) is 11.3 Å². The molecule has 0 unspecified atom stereocenters. The molecule has 2 aromatic carbocycles. The molecule has 0 aliphatic heterocycles. The van der Waals surface area contributed by atoms with Crippen molar-refractivity contribution in [3.63, 3.8) is 0 Å². The molecule has 0 bridgehead atoms. The molecule has 0 fully saturated rings. The third-order valence-electron chi connectivity index (χ3n) is 5.22. The Balaban J connectivity index is 1.94. The van der Waals surface area contributed by atoms with Gasteiger partial charge in [0.25, 0.3) is 5.91 Å². The van der Waals surface area contributed by atoms with E-state index in [4.69, 9.17) is 0 Å². The Hall–Kier alpha value is -3.43. The lowest BCUT2D eigenvalue weighted by atomic mass is 9.78. The van der Waals surface area contributed by atoms with Crippen LogP contribution in [0.2, 0.25) is 0 Å². The maximum Gasteiger partial charge on any atom is 0.268 e. The lowest BCUT2D eigenvalue weighted by Gasteiger charge is -2.28. The van der Waals surface area contributed by atoms with Crippen LogP contribution in [-0.2, 0) is 15.6 Å². The molecule has 3 aromatic rings. The van der Waals surface area contributed by atoms with Gasteiger partial charge in [-0.2, -0.15) is 5.26 Å². The maximum atomic E-state index is 12.8. The van der Waals surface area contributed by atoms with Gasteiger partial charge in [-0.05, 0) is 34.6 Å². The number of nitrogens with one attached hydrogen (secondary N) is 1. The second-order valence-corrected chi connectivity index (χ2v) is 10.9. The van der Waals surface area contributed by atoms with E-state index in [0.29, 0.717) is 10.7 Å². The second kappa shape index (κ2) is 9.21. The molecule has 1 aromatic heterocycles. The third-order valence-corrected chi connectivity index (χ3v) is 5.98. The molecule has 3 rings (SSSR count). The standard InChI is InChI=1S/C27H29N3O2S/c1-26(2,3)20-13-17(14-21(23(20)31)27(4,5)6)12-19(15-28)24(32)30-25-29-22(16-33-25)18-10-8-7-9-11-18/h7-14,16,31H,1-6H3,(H,29,30,32)/b19-12+. The summed E-state index contributed by atoms with van der Waals surface area (Å²) in [5, 5.41) is 25.6. The van der Waals surface area contributed by atoms with E-state index in [2.05, 4.69) is 10.3 Å². The highest BCUT2D eigenvalue weighted by molar-refractivity contribution is 7.14. The highest BCUT2D eigenvalue weighted by Gasteiger charge is 2.26. The van der Waals surface area contributed by atoms with Crippen LogP contribution >= 0.6 is 11.3 Å².